The molecule has 2 nitrogen and oxygen atoms in total. The first-order chi connectivity index (χ1) is 6.74. The maximum absolute atomic E-state index is 4.47. The number of rotatable bonds is 6. The normalized spacial score (nSPS) is 20.1. The van der Waals surface area contributed by atoms with Crippen LogP contribution >= 0.6 is 0 Å². The van der Waals surface area contributed by atoms with E-state index in [-0.39, 0.29) is 0 Å². The number of unbranched alkanes of at least 4 members (excludes halogenated alkanes) is 1. The van der Waals surface area contributed by atoms with Crippen LogP contribution in [0.25, 0.3) is 0 Å². The van der Waals surface area contributed by atoms with Crippen molar-refractivity contribution in [3.05, 3.63) is 0 Å². The quantitative estimate of drug-likeness (QED) is 0.694. The van der Waals surface area contributed by atoms with Gasteiger partial charge in [0, 0.05) is 12.5 Å². The van der Waals surface area contributed by atoms with Gasteiger partial charge in [0.2, 0.25) is 0 Å². The highest BCUT2D eigenvalue weighted by Crippen LogP contribution is 2.18. The van der Waals surface area contributed by atoms with Crippen LogP contribution in [-0.4, -0.2) is 18.9 Å². The first kappa shape index (κ1) is 11.5. The molecule has 0 amide bonds. The van der Waals surface area contributed by atoms with Crippen molar-refractivity contribution in [1.29, 1.82) is 0 Å². The third kappa shape index (κ3) is 3.69. The second-order valence-corrected chi connectivity index (χ2v) is 4.58. The van der Waals surface area contributed by atoms with Gasteiger partial charge in [-0.2, -0.15) is 0 Å². The molecule has 0 aromatic rings. The number of nitrogens with one attached hydrogen (secondary N) is 1. The minimum atomic E-state index is 0.629. The Morgan fingerprint density at radius 1 is 1.43 bits per heavy atom. The smallest absolute Gasteiger partial charge is 0.0993 e. The largest absolute Gasteiger partial charge is 0.372 e. The molecule has 0 aliphatic carbocycles. The van der Waals surface area contributed by atoms with Gasteiger partial charge in [0.25, 0.3) is 0 Å². The molecule has 0 saturated carbocycles. The average molecular weight is 196 g/mol. The zero-order valence-electron chi connectivity index (χ0n) is 9.84. The van der Waals surface area contributed by atoms with Crippen LogP contribution in [0.4, 0.5) is 0 Å². The second-order valence-electron chi connectivity index (χ2n) is 4.58. The first-order valence-electron chi connectivity index (χ1n) is 6.02. The van der Waals surface area contributed by atoms with Gasteiger partial charge in [0.1, 0.15) is 0 Å². The third-order valence-corrected chi connectivity index (χ3v) is 2.97. The summed E-state index contributed by atoms with van der Waals surface area (Å²) in [6.45, 7) is 8.94. The highest BCUT2D eigenvalue weighted by molar-refractivity contribution is 5.85. The fourth-order valence-electron chi connectivity index (χ4n) is 2.13. The minimum absolute atomic E-state index is 0.629. The lowest BCUT2D eigenvalue weighted by Crippen LogP contribution is -2.26. The van der Waals surface area contributed by atoms with Crippen molar-refractivity contribution >= 4 is 5.84 Å². The Morgan fingerprint density at radius 2 is 2.21 bits per heavy atom. The van der Waals surface area contributed by atoms with E-state index in [1.54, 1.807) is 0 Å². The van der Waals surface area contributed by atoms with Crippen LogP contribution in [0.3, 0.4) is 0 Å². The molecule has 1 aliphatic rings. The van der Waals surface area contributed by atoms with E-state index in [9.17, 15) is 0 Å². The number of hydrogen-bond donors (Lipinski definition) is 1. The van der Waals surface area contributed by atoms with E-state index in [2.05, 4.69) is 31.1 Å². The minimum Gasteiger partial charge on any atom is -0.372 e. The molecule has 1 N–H and O–H groups in total. The fourth-order valence-corrected chi connectivity index (χ4v) is 2.13. The summed E-state index contributed by atoms with van der Waals surface area (Å²) in [5, 5.41) is 3.37. The summed E-state index contributed by atoms with van der Waals surface area (Å²) >= 11 is 0. The molecule has 14 heavy (non-hydrogen) atoms. The van der Waals surface area contributed by atoms with Crippen molar-refractivity contribution in [3.63, 3.8) is 0 Å². The van der Waals surface area contributed by atoms with E-state index in [0.29, 0.717) is 5.92 Å². The topological polar surface area (TPSA) is 24.4 Å². The zero-order chi connectivity index (χ0) is 10.4. The van der Waals surface area contributed by atoms with Gasteiger partial charge < -0.3 is 5.32 Å². The molecule has 0 aromatic carbocycles. The highest BCUT2D eigenvalue weighted by atomic mass is 15.1. The third-order valence-electron chi connectivity index (χ3n) is 2.97. The predicted octanol–water partition coefficient (Wildman–Crippen LogP) is 2.84. The summed E-state index contributed by atoms with van der Waals surface area (Å²) in [6.07, 6.45) is 5.34. The van der Waals surface area contributed by atoms with Gasteiger partial charge in [-0.25, -0.2) is 0 Å². The number of hydrogen-bond acceptors (Lipinski definition) is 2. The maximum atomic E-state index is 4.47. The molecule has 2 atom stereocenters. The Hall–Kier alpha value is -0.530. The zero-order valence-corrected chi connectivity index (χ0v) is 9.84. The van der Waals surface area contributed by atoms with Crippen molar-refractivity contribution in [2.45, 2.75) is 46.5 Å². The Bertz CT molecular complexity index is 187. The van der Waals surface area contributed by atoms with Gasteiger partial charge in [0.15, 0.2) is 0 Å². The van der Waals surface area contributed by atoms with Crippen LogP contribution in [0.2, 0.25) is 0 Å². The Kier molecular flexibility index (Phi) is 4.99. The van der Waals surface area contributed by atoms with Crippen molar-refractivity contribution in [3.8, 4) is 0 Å². The molecule has 2 unspecified atom stereocenters. The van der Waals surface area contributed by atoms with Crippen LogP contribution in [0.1, 0.15) is 46.5 Å². The van der Waals surface area contributed by atoms with Gasteiger partial charge in [0.05, 0.1) is 12.4 Å². The average Bonchev–Trinajstić information content (AvgIpc) is 2.67. The molecule has 0 saturated heterocycles. The first-order valence-corrected chi connectivity index (χ1v) is 6.02. The molecular formula is C12H24N2. The van der Waals surface area contributed by atoms with Crippen molar-refractivity contribution in [2.24, 2.45) is 16.8 Å². The lowest BCUT2D eigenvalue weighted by Gasteiger charge is -2.17. The summed E-state index contributed by atoms with van der Waals surface area (Å²) in [5.74, 6) is 2.72. The molecule has 1 aliphatic heterocycles. The second kappa shape index (κ2) is 6.05. The molecule has 0 spiro atoms. The molecule has 1 rings (SSSR count). The van der Waals surface area contributed by atoms with Crippen molar-refractivity contribution < 1.29 is 0 Å². The van der Waals surface area contributed by atoms with E-state index in [0.717, 1.165) is 19.0 Å². The maximum Gasteiger partial charge on any atom is 0.0993 e. The summed E-state index contributed by atoms with van der Waals surface area (Å²) in [6, 6.07) is 0. The number of amidine groups is 1. The molecule has 82 valence electrons. The van der Waals surface area contributed by atoms with Gasteiger partial charge in [-0.3, -0.25) is 4.99 Å². The van der Waals surface area contributed by atoms with E-state index >= 15 is 0 Å². The molecule has 1 heterocycles. The molecule has 0 aromatic heterocycles. The summed E-state index contributed by atoms with van der Waals surface area (Å²) < 4.78 is 0. The lowest BCUT2D eigenvalue weighted by molar-refractivity contribution is 0.433. The van der Waals surface area contributed by atoms with E-state index in [4.69, 9.17) is 0 Å². The summed E-state index contributed by atoms with van der Waals surface area (Å²) in [4.78, 5) is 4.47. The van der Waals surface area contributed by atoms with Crippen LogP contribution in [0.15, 0.2) is 4.99 Å². The van der Waals surface area contributed by atoms with Crippen LogP contribution in [-0.2, 0) is 0 Å². The van der Waals surface area contributed by atoms with Crippen LogP contribution in [0, 0.1) is 11.8 Å². The summed E-state index contributed by atoms with van der Waals surface area (Å²) in [7, 11) is 0. The van der Waals surface area contributed by atoms with E-state index in [1.165, 1.54) is 31.5 Å². The van der Waals surface area contributed by atoms with E-state index in [1.807, 2.05) is 0 Å². The molecular weight excluding hydrogens is 172 g/mol. The fraction of sp³-hybridized carbons (Fsp3) is 0.917. The Labute approximate surface area is 88.2 Å². The Morgan fingerprint density at radius 3 is 2.79 bits per heavy atom. The van der Waals surface area contributed by atoms with Gasteiger partial charge in [-0.05, 0) is 12.3 Å². The van der Waals surface area contributed by atoms with Crippen LogP contribution in [0.5, 0.6) is 0 Å². The van der Waals surface area contributed by atoms with Gasteiger partial charge in [-0.1, -0.05) is 40.0 Å². The molecule has 0 fully saturated rings. The monoisotopic (exact) mass is 196 g/mol. The Balaban J connectivity index is 2.21. The van der Waals surface area contributed by atoms with E-state index < -0.39 is 0 Å². The van der Waals surface area contributed by atoms with Crippen molar-refractivity contribution in [1.82, 2.24) is 5.32 Å². The molecule has 0 radical (unpaired) electrons. The summed E-state index contributed by atoms with van der Waals surface area (Å²) in [5.41, 5.74) is 0. The van der Waals surface area contributed by atoms with Crippen LogP contribution < -0.4 is 5.32 Å². The van der Waals surface area contributed by atoms with Crippen molar-refractivity contribution in [2.75, 3.05) is 13.1 Å². The molecule has 2 heteroatoms. The predicted molar refractivity (Wildman–Crippen MR) is 62.8 cm³/mol. The van der Waals surface area contributed by atoms with Gasteiger partial charge >= 0.3 is 0 Å². The number of nitrogens with zero attached hydrogens (tertiary/aromatic N) is 1. The molecule has 0 bridgehead atoms. The highest BCUT2D eigenvalue weighted by Gasteiger charge is 2.16. The van der Waals surface area contributed by atoms with Gasteiger partial charge in [-0.15, -0.1) is 0 Å². The SMILES string of the molecule is CCCCC(C)CC(C)C1=NCCN1. The standard InChI is InChI=1S/C12H24N2/c1-4-5-6-10(2)9-11(3)12-13-7-8-14-12/h10-11H,4-9H2,1-3H3,(H,13,14). The lowest BCUT2D eigenvalue weighted by atomic mass is 9.92. The number of aliphatic imine (C=N–C) groups is 1.